The molecule has 78 valence electrons. The number of aryl methyl sites for hydroxylation is 1. The van der Waals surface area contributed by atoms with Crippen molar-refractivity contribution in [3.8, 4) is 0 Å². The minimum absolute atomic E-state index is 0.0333. The van der Waals surface area contributed by atoms with Gasteiger partial charge in [0.1, 0.15) is 0 Å². The van der Waals surface area contributed by atoms with Crippen molar-refractivity contribution in [3.05, 3.63) is 24.0 Å². The van der Waals surface area contributed by atoms with E-state index in [9.17, 15) is 0 Å². The molecule has 3 heteroatoms. The largest absolute Gasteiger partial charge is 0.275 e. The van der Waals surface area contributed by atoms with Crippen LogP contribution in [0.2, 0.25) is 0 Å². The Morgan fingerprint density at radius 2 is 2.14 bits per heavy atom. The molecule has 0 bridgehead atoms. The fourth-order valence-electron chi connectivity index (χ4n) is 1.37. The summed E-state index contributed by atoms with van der Waals surface area (Å²) >= 11 is 5.78. The van der Waals surface area contributed by atoms with Gasteiger partial charge in [-0.15, -0.1) is 11.6 Å². The van der Waals surface area contributed by atoms with E-state index in [1.54, 1.807) is 0 Å². The van der Waals surface area contributed by atoms with E-state index < -0.39 is 0 Å². The molecule has 0 aliphatic rings. The molecule has 1 heterocycles. The number of allylic oxidation sites excluding steroid dienone is 1. The minimum atomic E-state index is 0.0333. The van der Waals surface area contributed by atoms with E-state index in [1.807, 2.05) is 17.9 Å². The molecule has 0 saturated carbocycles. The highest BCUT2D eigenvalue weighted by Crippen LogP contribution is 2.28. The van der Waals surface area contributed by atoms with Gasteiger partial charge in [-0.2, -0.15) is 5.10 Å². The van der Waals surface area contributed by atoms with Crippen LogP contribution in [-0.4, -0.2) is 15.7 Å². The Morgan fingerprint density at radius 1 is 1.57 bits per heavy atom. The summed E-state index contributed by atoms with van der Waals surface area (Å²) in [5.41, 5.74) is 3.11. The van der Waals surface area contributed by atoms with Crippen molar-refractivity contribution in [2.45, 2.75) is 26.2 Å². The van der Waals surface area contributed by atoms with Gasteiger partial charge in [0.25, 0.3) is 0 Å². The summed E-state index contributed by atoms with van der Waals surface area (Å²) in [6, 6.07) is 0. The zero-order chi connectivity index (χ0) is 10.9. The Morgan fingerprint density at radius 3 is 2.57 bits per heavy atom. The summed E-state index contributed by atoms with van der Waals surface area (Å²) in [5.74, 6) is 0.453. The van der Waals surface area contributed by atoms with Crippen molar-refractivity contribution in [3.63, 3.8) is 0 Å². The first-order valence-electron chi connectivity index (χ1n) is 4.64. The van der Waals surface area contributed by atoms with Crippen molar-refractivity contribution >= 4 is 17.2 Å². The first-order chi connectivity index (χ1) is 6.36. The van der Waals surface area contributed by atoms with Gasteiger partial charge in [0.05, 0.1) is 5.69 Å². The number of hydrogen-bond donors (Lipinski definition) is 0. The summed E-state index contributed by atoms with van der Waals surface area (Å²) in [7, 11) is 1.92. The maximum atomic E-state index is 5.78. The number of rotatable bonds is 2. The third kappa shape index (κ3) is 2.18. The van der Waals surface area contributed by atoms with Gasteiger partial charge in [-0.3, -0.25) is 4.68 Å². The van der Waals surface area contributed by atoms with Crippen LogP contribution in [0.5, 0.6) is 0 Å². The van der Waals surface area contributed by atoms with Crippen molar-refractivity contribution in [1.29, 1.82) is 0 Å². The Hall–Kier alpha value is -0.760. The summed E-state index contributed by atoms with van der Waals surface area (Å²) in [4.78, 5) is 0. The first kappa shape index (κ1) is 11.3. The monoisotopic (exact) mass is 212 g/mol. The first-order valence-corrected chi connectivity index (χ1v) is 5.18. The van der Waals surface area contributed by atoms with E-state index in [4.69, 9.17) is 11.6 Å². The molecule has 0 spiro atoms. The highest BCUT2D eigenvalue weighted by atomic mass is 35.5. The molecular formula is C11H17ClN2. The smallest absolute Gasteiger partial charge is 0.0753 e. The lowest BCUT2D eigenvalue weighted by Gasteiger charge is -2.17. The molecule has 0 radical (unpaired) electrons. The van der Waals surface area contributed by atoms with Crippen LogP contribution in [0.15, 0.2) is 12.8 Å². The van der Waals surface area contributed by atoms with Crippen LogP contribution < -0.4 is 0 Å². The van der Waals surface area contributed by atoms with Crippen LogP contribution in [0.1, 0.15) is 32.0 Å². The Balaban J connectivity index is 3.23. The average Bonchev–Trinajstić information content (AvgIpc) is 2.45. The second-order valence-electron chi connectivity index (χ2n) is 4.55. The van der Waals surface area contributed by atoms with Crippen LogP contribution in [-0.2, 0) is 12.5 Å². The molecule has 1 aromatic rings. The van der Waals surface area contributed by atoms with Gasteiger partial charge in [0.15, 0.2) is 0 Å². The quantitative estimate of drug-likeness (QED) is 0.690. The van der Waals surface area contributed by atoms with E-state index in [0.717, 1.165) is 16.8 Å². The molecule has 0 aliphatic carbocycles. The van der Waals surface area contributed by atoms with E-state index in [0.29, 0.717) is 5.88 Å². The highest BCUT2D eigenvalue weighted by Gasteiger charge is 2.22. The molecule has 0 amide bonds. The van der Waals surface area contributed by atoms with Crippen LogP contribution in [0.4, 0.5) is 0 Å². The molecule has 0 N–H and O–H groups in total. The second kappa shape index (κ2) is 3.77. The molecule has 0 aromatic carbocycles. The van der Waals surface area contributed by atoms with E-state index in [-0.39, 0.29) is 5.41 Å². The normalized spacial score (nSPS) is 11.8. The van der Waals surface area contributed by atoms with Crippen molar-refractivity contribution in [2.24, 2.45) is 7.05 Å². The van der Waals surface area contributed by atoms with E-state index in [1.165, 1.54) is 0 Å². The average molecular weight is 213 g/mol. The lowest BCUT2D eigenvalue weighted by Crippen LogP contribution is -2.14. The van der Waals surface area contributed by atoms with Crippen LogP contribution in [0.3, 0.4) is 0 Å². The lowest BCUT2D eigenvalue weighted by atomic mass is 9.88. The van der Waals surface area contributed by atoms with Gasteiger partial charge in [-0.25, -0.2) is 0 Å². The van der Waals surface area contributed by atoms with Gasteiger partial charge in [0.2, 0.25) is 0 Å². The predicted molar refractivity (Wildman–Crippen MR) is 61.7 cm³/mol. The summed E-state index contributed by atoms with van der Waals surface area (Å²) in [5, 5.41) is 4.45. The maximum Gasteiger partial charge on any atom is 0.0753 e. The Bertz CT molecular complexity index is 345. The third-order valence-electron chi connectivity index (χ3n) is 2.08. The van der Waals surface area contributed by atoms with Crippen molar-refractivity contribution in [1.82, 2.24) is 9.78 Å². The standard InChI is InChI=1S/C11H17ClN2/c1-8(6-12)9-7-14(5)13-10(9)11(2,3)4/h7H,1,6H2,2-5H3. The SMILES string of the molecule is C=C(CCl)c1cn(C)nc1C(C)(C)C. The number of hydrogen-bond acceptors (Lipinski definition) is 1. The molecule has 14 heavy (non-hydrogen) atoms. The summed E-state index contributed by atoms with van der Waals surface area (Å²) in [6.45, 7) is 10.4. The molecule has 1 aromatic heterocycles. The predicted octanol–water partition coefficient (Wildman–Crippen LogP) is 2.97. The zero-order valence-corrected chi connectivity index (χ0v) is 10.0. The minimum Gasteiger partial charge on any atom is -0.275 e. The van der Waals surface area contributed by atoms with Crippen LogP contribution >= 0.6 is 11.6 Å². The molecular weight excluding hydrogens is 196 g/mol. The Kier molecular flexibility index (Phi) is 3.05. The lowest BCUT2D eigenvalue weighted by molar-refractivity contribution is 0.552. The van der Waals surface area contributed by atoms with Crippen LogP contribution in [0, 0.1) is 0 Å². The van der Waals surface area contributed by atoms with Crippen molar-refractivity contribution < 1.29 is 0 Å². The molecule has 0 aliphatic heterocycles. The molecule has 0 atom stereocenters. The van der Waals surface area contributed by atoms with E-state index >= 15 is 0 Å². The second-order valence-corrected chi connectivity index (χ2v) is 4.82. The summed E-state index contributed by atoms with van der Waals surface area (Å²) in [6.07, 6.45) is 1.98. The van der Waals surface area contributed by atoms with Gasteiger partial charge in [0, 0.05) is 30.1 Å². The fraction of sp³-hybridized carbons (Fsp3) is 0.545. The summed E-state index contributed by atoms with van der Waals surface area (Å²) < 4.78 is 1.81. The topological polar surface area (TPSA) is 17.8 Å². The molecule has 1 rings (SSSR count). The number of alkyl halides is 1. The number of nitrogens with zero attached hydrogens (tertiary/aromatic N) is 2. The fourth-order valence-corrected chi connectivity index (χ4v) is 1.52. The molecule has 0 saturated heterocycles. The number of halogens is 1. The van der Waals surface area contributed by atoms with Gasteiger partial charge in [-0.1, -0.05) is 27.4 Å². The third-order valence-corrected chi connectivity index (χ3v) is 2.40. The van der Waals surface area contributed by atoms with Crippen molar-refractivity contribution in [2.75, 3.05) is 5.88 Å². The van der Waals surface area contributed by atoms with Gasteiger partial charge >= 0.3 is 0 Å². The molecule has 0 fully saturated rings. The molecule has 0 unspecified atom stereocenters. The maximum absolute atomic E-state index is 5.78. The van der Waals surface area contributed by atoms with Gasteiger partial charge in [-0.05, 0) is 5.57 Å². The Labute approximate surface area is 90.6 Å². The number of aromatic nitrogens is 2. The molecule has 2 nitrogen and oxygen atoms in total. The van der Waals surface area contributed by atoms with Crippen LogP contribution in [0.25, 0.3) is 5.57 Å². The zero-order valence-electron chi connectivity index (χ0n) is 9.26. The highest BCUT2D eigenvalue weighted by molar-refractivity contribution is 6.23. The van der Waals surface area contributed by atoms with Gasteiger partial charge < -0.3 is 0 Å². The van der Waals surface area contributed by atoms with E-state index in [2.05, 4.69) is 32.4 Å².